The van der Waals surface area contributed by atoms with Crippen LogP contribution in [0.1, 0.15) is 23.1 Å². The van der Waals surface area contributed by atoms with Gasteiger partial charge in [-0.25, -0.2) is 0 Å². The number of para-hydroxylation sites is 1. The van der Waals surface area contributed by atoms with E-state index in [2.05, 4.69) is 60.7 Å². The van der Waals surface area contributed by atoms with Gasteiger partial charge in [0.15, 0.2) is 0 Å². The van der Waals surface area contributed by atoms with Crippen LogP contribution in [-0.4, -0.2) is 40.0 Å². The Kier molecular flexibility index (Phi) is 5.49. The van der Waals surface area contributed by atoms with Crippen molar-refractivity contribution in [2.75, 3.05) is 18.8 Å². The lowest BCUT2D eigenvalue weighted by atomic mass is 9.63. The standard InChI is InChI=1S/C27H27NO2S/c29-24-14-8-7-9-20(24)17-26(30)28-18-23-25(19-28)31-16-15-27(23,21-10-3-1-4-11-21)22-12-5-2-6-13-22/h1-14,23,25,29H,15-19H2. The molecule has 2 heterocycles. The second kappa shape index (κ2) is 8.43. The van der Waals surface area contributed by atoms with Crippen LogP contribution in [0.2, 0.25) is 0 Å². The molecule has 3 aromatic carbocycles. The molecule has 0 saturated carbocycles. The molecular weight excluding hydrogens is 402 g/mol. The number of fused-ring (bicyclic) bond motifs is 1. The maximum atomic E-state index is 13.2. The fourth-order valence-electron chi connectivity index (χ4n) is 5.47. The molecule has 0 spiro atoms. The first-order valence-electron chi connectivity index (χ1n) is 11.0. The van der Waals surface area contributed by atoms with Gasteiger partial charge < -0.3 is 10.0 Å². The summed E-state index contributed by atoms with van der Waals surface area (Å²) in [4.78, 5) is 15.2. The molecule has 0 aliphatic carbocycles. The highest BCUT2D eigenvalue weighted by molar-refractivity contribution is 8.00. The van der Waals surface area contributed by atoms with Crippen molar-refractivity contribution in [3.63, 3.8) is 0 Å². The third-order valence-corrected chi connectivity index (χ3v) is 8.34. The minimum atomic E-state index is -0.0810. The first-order valence-corrected chi connectivity index (χ1v) is 12.0. The highest BCUT2D eigenvalue weighted by Gasteiger charge is 2.52. The van der Waals surface area contributed by atoms with Gasteiger partial charge in [0.25, 0.3) is 0 Å². The SMILES string of the molecule is O=C(Cc1ccccc1O)N1CC2SCCC(c3ccccc3)(c3ccccc3)C2C1. The first-order chi connectivity index (χ1) is 15.2. The maximum Gasteiger partial charge on any atom is 0.227 e. The second-order valence-electron chi connectivity index (χ2n) is 8.57. The Balaban J connectivity index is 1.48. The highest BCUT2D eigenvalue weighted by atomic mass is 32.2. The van der Waals surface area contributed by atoms with Crippen molar-refractivity contribution in [2.45, 2.75) is 23.5 Å². The molecule has 0 bridgehead atoms. The number of phenolic OH excluding ortho intramolecular Hbond substituents is 1. The van der Waals surface area contributed by atoms with E-state index in [4.69, 9.17) is 0 Å². The third-order valence-electron chi connectivity index (χ3n) is 6.99. The van der Waals surface area contributed by atoms with E-state index < -0.39 is 0 Å². The van der Waals surface area contributed by atoms with Gasteiger partial charge in [0.2, 0.25) is 5.91 Å². The quantitative estimate of drug-likeness (QED) is 0.642. The predicted octanol–water partition coefficient (Wildman–Crippen LogP) is 4.88. The normalized spacial score (nSPS) is 22.1. The van der Waals surface area contributed by atoms with Crippen LogP contribution in [0.25, 0.3) is 0 Å². The summed E-state index contributed by atoms with van der Waals surface area (Å²) in [6, 6.07) is 28.9. The molecule has 2 unspecified atom stereocenters. The fraction of sp³-hybridized carbons (Fsp3) is 0.296. The molecule has 31 heavy (non-hydrogen) atoms. The van der Waals surface area contributed by atoms with E-state index in [1.54, 1.807) is 12.1 Å². The van der Waals surface area contributed by atoms with Crippen molar-refractivity contribution in [3.05, 3.63) is 102 Å². The molecule has 1 N–H and O–H groups in total. The maximum absolute atomic E-state index is 13.2. The number of hydrogen-bond acceptors (Lipinski definition) is 3. The van der Waals surface area contributed by atoms with Crippen LogP contribution in [-0.2, 0) is 16.6 Å². The number of thioether (sulfide) groups is 1. The van der Waals surface area contributed by atoms with Gasteiger partial charge in [0.05, 0.1) is 6.42 Å². The Morgan fingerprint density at radius 1 is 0.903 bits per heavy atom. The summed E-state index contributed by atoms with van der Waals surface area (Å²) in [7, 11) is 0. The van der Waals surface area contributed by atoms with Crippen molar-refractivity contribution < 1.29 is 9.90 Å². The van der Waals surface area contributed by atoms with Gasteiger partial charge in [-0.2, -0.15) is 11.8 Å². The number of likely N-dealkylation sites (tertiary alicyclic amines) is 1. The molecule has 2 atom stereocenters. The van der Waals surface area contributed by atoms with Crippen molar-refractivity contribution in [1.82, 2.24) is 4.90 Å². The minimum Gasteiger partial charge on any atom is -0.508 e. The molecule has 2 fully saturated rings. The van der Waals surface area contributed by atoms with Crippen LogP contribution >= 0.6 is 11.8 Å². The van der Waals surface area contributed by atoms with Crippen LogP contribution in [0.5, 0.6) is 5.75 Å². The molecule has 2 aliphatic rings. The monoisotopic (exact) mass is 429 g/mol. The zero-order chi connectivity index (χ0) is 21.3. The minimum absolute atomic E-state index is 0.0810. The zero-order valence-corrected chi connectivity index (χ0v) is 18.3. The van der Waals surface area contributed by atoms with E-state index in [9.17, 15) is 9.90 Å². The average molecular weight is 430 g/mol. The molecule has 5 rings (SSSR count). The molecule has 0 aromatic heterocycles. The number of hydrogen-bond donors (Lipinski definition) is 1. The van der Waals surface area contributed by atoms with Crippen molar-refractivity contribution in [3.8, 4) is 5.75 Å². The van der Waals surface area contributed by atoms with Crippen molar-refractivity contribution >= 4 is 17.7 Å². The van der Waals surface area contributed by atoms with Crippen LogP contribution in [0.15, 0.2) is 84.9 Å². The number of aromatic hydroxyl groups is 1. The summed E-state index contributed by atoms with van der Waals surface area (Å²) in [5, 5.41) is 10.5. The Bertz CT molecular complexity index is 1010. The van der Waals surface area contributed by atoms with Gasteiger partial charge in [-0.15, -0.1) is 0 Å². The molecule has 0 radical (unpaired) electrons. The second-order valence-corrected chi connectivity index (χ2v) is 9.92. The number of benzene rings is 3. The summed E-state index contributed by atoms with van der Waals surface area (Å²) >= 11 is 2.01. The molecule has 4 heteroatoms. The highest BCUT2D eigenvalue weighted by Crippen LogP contribution is 2.53. The molecule has 2 aliphatic heterocycles. The predicted molar refractivity (Wildman–Crippen MR) is 126 cm³/mol. The van der Waals surface area contributed by atoms with E-state index >= 15 is 0 Å². The number of carbonyl (C=O) groups excluding carboxylic acids is 1. The Labute approximate surface area is 188 Å². The summed E-state index contributed by atoms with van der Waals surface area (Å²) in [5.41, 5.74) is 3.33. The lowest BCUT2D eigenvalue weighted by molar-refractivity contribution is -0.129. The zero-order valence-electron chi connectivity index (χ0n) is 17.5. The van der Waals surface area contributed by atoms with Crippen molar-refractivity contribution in [1.29, 1.82) is 0 Å². The van der Waals surface area contributed by atoms with Gasteiger partial charge in [-0.05, 0) is 29.4 Å². The van der Waals surface area contributed by atoms with Crippen LogP contribution in [0.3, 0.4) is 0 Å². The lowest BCUT2D eigenvalue weighted by Gasteiger charge is -2.46. The van der Waals surface area contributed by atoms with Gasteiger partial charge in [0.1, 0.15) is 5.75 Å². The Morgan fingerprint density at radius 2 is 1.52 bits per heavy atom. The van der Waals surface area contributed by atoms with Crippen LogP contribution < -0.4 is 0 Å². The summed E-state index contributed by atoms with van der Waals surface area (Å²) in [5.74, 6) is 1.76. The van der Waals surface area contributed by atoms with Crippen molar-refractivity contribution in [2.24, 2.45) is 5.92 Å². The van der Waals surface area contributed by atoms with Gasteiger partial charge >= 0.3 is 0 Å². The van der Waals surface area contributed by atoms with Crippen LogP contribution in [0.4, 0.5) is 0 Å². The molecule has 3 aromatic rings. The summed E-state index contributed by atoms with van der Waals surface area (Å²) < 4.78 is 0. The Hall–Kier alpha value is -2.72. The van der Waals surface area contributed by atoms with E-state index in [-0.39, 0.29) is 23.5 Å². The lowest BCUT2D eigenvalue weighted by Crippen LogP contribution is -2.45. The molecule has 158 valence electrons. The summed E-state index contributed by atoms with van der Waals surface area (Å²) in [6.07, 6.45) is 1.33. The average Bonchev–Trinajstić information content (AvgIpc) is 3.27. The molecule has 1 amide bonds. The number of amides is 1. The molecule has 3 nitrogen and oxygen atoms in total. The summed E-state index contributed by atoms with van der Waals surface area (Å²) in [6.45, 7) is 1.54. The van der Waals surface area contributed by atoms with E-state index in [0.717, 1.165) is 25.3 Å². The van der Waals surface area contributed by atoms with E-state index in [1.165, 1.54) is 11.1 Å². The van der Waals surface area contributed by atoms with E-state index in [0.29, 0.717) is 16.7 Å². The molecular formula is C27H27NO2S. The number of rotatable bonds is 4. The number of phenols is 1. The van der Waals surface area contributed by atoms with Gasteiger partial charge in [-0.3, -0.25) is 4.79 Å². The molecule has 2 saturated heterocycles. The number of nitrogens with zero attached hydrogens (tertiary/aromatic N) is 1. The fourth-order valence-corrected chi connectivity index (χ4v) is 7.04. The van der Waals surface area contributed by atoms with Crippen LogP contribution in [0, 0.1) is 5.92 Å². The topological polar surface area (TPSA) is 40.5 Å². The third kappa shape index (κ3) is 3.63. The smallest absolute Gasteiger partial charge is 0.227 e. The largest absolute Gasteiger partial charge is 0.508 e. The van der Waals surface area contributed by atoms with Gasteiger partial charge in [-0.1, -0.05) is 78.9 Å². The van der Waals surface area contributed by atoms with E-state index in [1.807, 2.05) is 28.8 Å². The van der Waals surface area contributed by atoms with Gasteiger partial charge in [0, 0.05) is 35.2 Å². The first kappa shape index (κ1) is 20.2. The Morgan fingerprint density at radius 3 is 2.16 bits per heavy atom. The number of carbonyl (C=O) groups is 1.